The zero-order valence-corrected chi connectivity index (χ0v) is 15.7. The first kappa shape index (κ1) is 19.2. The third-order valence-electron chi connectivity index (χ3n) is 3.88. The van der Waals surface area contributed by atoms with Crippen LogP contribution in [-0.4, -0.2) is 38.9 Å². The van der Waals surface area contributed by atoms with Crippen molar-refractivity contribution in [1.29, 1.82) is 0 Å². The molecule has 6 N–H and O–H groups in total. The molecule has 0 unspecified atom stereocenters. The Labute approximate surface area is 167 Å². The van der Waals surface area contributed by atoms with Crippen molar-refractivity contribution in [3.8, 4) is 11.3 Å². The maximum Gasteiger partial charge on any atom is 0.248 e. The summed E-state index contributed by atoms with van der Waals surface area (Å²) >= 11 is 4.90. The first-order chi connectivity index (χ1) is 13.5. The Morgan fingerprint density at radius 2 is 1.64 bits per heavy atom. The highest BCUT2D eigenvalue weighted by Crippen LogP contribution is 2.18. The van der Waals surface area contributed by atoms with Crippen LogP contribution in [0.5, 0.6) is 0 Å². The van der Waals surface area contributed by atoms with E-state index in [0.717, 1.165) is 22.6 Å². The van der Waals surface area contributed by atoms with Crippen molar-refractivity contribution >= 4 is 34.9 Å². The predicted octanol–water partition coefficient (Wildman–Crippen LogP) is 1.80. The molecule has 1 aromatic carbocycles. The molecule has 142 valence electrons. The minimum atomic E-state index is -0.459. The lowest BCUT2D eigenvalue weighted by Gasteiger charge is -2.09. The molecule has 0 radical (unpaired) electrons. The molecule has 0 aliphatic rings. The van der Waals surface area contributed by atoms with Crippen molar-refractivity contribution in [3.05, 3.63) is 66.0 Å². The number of aromatic nitrogens is 3. The molecule has 0 atom stereocenters. The monoisotopic (exact) mass is 393 g/mol. The molecule has 0 bridgehead atoms. The number of hydrogen-bond acceptors (Lipinski definition) is 7. The maximum absolute atomic E-state index is 11.2. The fourth-order valence-corrected chi connectivity index (χ4v) is 2.54. The fourth-order valence-electron chi connectivity index (χ4n) is 2.42. The second-order valence-electron chi connectivity index (χ2n) is 5.86. The smallest absolute Gasteiger partial charge is 0.248 e. The van der Waals surface area contributed by atoms with Crippen LogP contribution in [0.25, 0.3) is 11.3 Å². The molecule has 0 aliphatic heterocycles. The largest absolute Gasteiger partial charge is 0.389 e. The minimum absolute atomic E-state index is 0.321. The van der Waals surface area contributed by atoms with Crippen LogP contribution in [0.3, 0.4) is 0 Å². The molecule has 2 heterocycles. The van der Waals surface area contributed by atoms with E-state index in [9.17, 15) is 4.79 Å². The molecular weight excluding hydrogens is 374 g/mol. The van der Waals surface area contributed by atoms with Gasteiger partial charge in [0.1, 0.15) is 10.8 Å². The summed E-state index contributed by atoms with van der Waals surface area (Å²) in [7, 11) is 0. The van der Waals surface area contributed by atoms with E-state index in [4.69, 9.17) is 23.7 Å². The Kier molecular flexibility index (Phi) is 6.07. The minimum Gasteiger partial charge on any atom is -0.389 e. The van der Waals surface area contributed by atoms with Gasteiger partial charge in [0.25, 0.3) is 0 Å². The Balaban J connectivity index is 1.54. The number of thiocarbonyl (C=S) groups is 1. The maximum atomic E-state index is 11.2. The fraction of sp³-hybridized carbons (Fsp3) is 0.105. The number of carbonyl (C=O) groups is 1. The van der Waals surface area contributed by atoms with E-state index < -0.39 is 5.91 Å². The third-order valence-corrected chi connectivity index (χ3v) is 4.12. The van der Waals surface area contributed by atoms with Gasteiger partial charge in [-0.25, -0.2) is 15.0 Å². The lowest BCUT2D eigenvalue weighted by molar-refractivity contribution is 0.100. The number of anilines is 2. The van der Waals surface area contributed by atoms with E-state index in [2.05, 4.69) is 25.6 Å². The van der Waals surface area contributed by atoms with Crippen molar-refractivity contribution in [3.63, 3.8) is 0 Å². The summed E-state index contributed by atoms with van der Waals surface area (Å²) in [6.07, 6.45) is 3.31. The van der Waals surface area contributed by atoms with E-state index in [1.165, 1.54) is 0 Å². The molecule has 3 rings (SSSR count). The van der Waals surface area contributed by atoms with Gasteiger partial charge in [-0.05, 0) is 30.3 Å². The highest BCUT2D eigenvalue weighted by atomic mass is 32.1. The van der Waals surface area contributed by atoms with E-state index in [0.29, 0.717) is 29.6 Å². The van der Waals surface area contributed by atoms with Crippen molar-refractivity contribution in [2.45, 2.75) is 0 Å². The van der Waals surface area contributed by atoms with Crippen LogP contribution >= 0.6 is 12.2 Å². The van der Waals surface area contributed by atoms with Gasteiger partial charge in [-0.1, -0.05) is 24.4 Å². The van der Waals surface area contributed by atoms with Gasteiger partial charge < -0.3 is 22.1 Å². The number of hydrogen-bond donors (Lipinski definition) is 4. The Morgan fingerprint density at radius 3 is 2.29 bits per heavy atom. The Morgan fingerprint density at radius 1 is 0.929 bits per heavy atom. The average Bonchev–Trinajstić information content (AvgIpc) is 2.72. The Bertz CT molecular complexity index is 974. The summed E-state index contributed by atoms with van der Waals surface area (Å²) in [4.78, 5) is 24.4. The van der Waals surface area contributed by atoms with Gasteiger partial charge in [-0.15, -0.1) is 0 Å². The van der Waals surface area contributed by atoms with Gasteiger partial charge in [0, 0.05) is 42.2 Å². The highest BCUT2D eigenvalue weighted by Gasteiger charge is 2.05. The van der Waals surface area contributed by atoms with Gasteiger partial charge in [0.15, 0.2) is 0 Å². The van der Waals surface area contributed by atoms with Crippen molar-refractivity contribution in [1.82, 2.24) is 15.0 Å². The average molecular weight is 393 g/mol. The molecule has 0 saturated carbocycles. The molecular formula is C19H19N7OS. The van der Waals surface area contributed by atoms with Gasteiger partial charge in [-0.2, -0.15) is 0 Å². The number of primary amides is 1. The number of amides is 1. The number of pyridine rings is 1. The van der Waals surface area contributed by atoms with Crippen LogP contribution in [0, 0.1) is 0 Å². The summed E-state index contributed by atoms with van der Waals surface area (Å²) in [6, 6.07) is 12.4. The second kappa shape index (κ2) is 8.87. The van der Waals surface area contributed by atoms with Crippen molar-refractivity contribution < 1.29 is 4.79 Å². The number of nitrogens with two attached hydrogens (primary N) is 2. The number of benzene rings is 1. The summed E-state index contributed by atoms with van der Waals surface area (Å²) in [5.41, 5.74) is 13.6. The molecule has 9 heteroatoms. The summed E-state index contributed by atoms with van der Waals surface area (Å²) in [6.45, 7) is 1.23. The number of nitrogens with one attached hydrogen (secondary N) is 2. The topological polar surface area (TPSA) is 132 Å². The molecule has 2 aromatic heterocycles. The molecule has 8 nitrogen and oxygen atoms in total. The number of carbonyl (C=O) groups excluding carboxylic acids is 1. The zero-order valence-electron chi connectivity index (χ0n) is 14.9. The zero-order chi connectivity index (χ0) is 19.9. The molecule has 0 saturated heterocycles. The van der Waals surface area contributed by atoms with Crippen molar-refractivity contribution in [2.24, 2.45) is 11.5 Å². The standard InChI is InChI=1S/C19H19N7OS/c20-17(27)13-3-1-12(2-4-13)15-7-8-23-19(26-15)24-10-9-22-16-6-5-14(11-25-16)18(21)28/h1-8,11H,9-10H2,(H2,20,27)(H2,21,28)(H,22,25)(H,23,24,26). The van der Waals surface area contributed by atoms with Crippen LogP contribution in [0.4, 0.5) is 11.8 Å². The van der Waals surface area contributed by atoms with E-state index in [-0.39, 0.29) is 0 Å². The SMILES string of the molecule is NC(=O)c1ccc(-c2ccnc(NCCNc3ccc(C(N)=S)cn3)n2)cc1. The number of rotatable bonds is 8. The van der Waals surface area contributed by atoms with Gasteiger partial charge in [0.05, 0.1) is 5.69 Å². The third kappa shape index (κ3) is 4.98. The summed E-state index contributed by atoms with van der Waals surface area (Å²) in [5.74, 6) is 0.778. The summed E-state index contributed by atoms with van der Waals surface area (Å²) in [5, 5.41) is 6.34. The normalized spacial score (nSPS) is 10.3. The van der Waals surface area contributed by atoms with Crippen LogP contribution < -0.4 is 22.1 Å². The van der Waals surface area contributed by atoms with Gasteiger partial charge in [-0.3, -0.25) is 4.79 Å². The van der Waals surface area contributed by atoms with Crippen LogP contribution in [-0.2, 0) is 0 Å². The highest BCUT2D eigenvalue weighted by molar-refractivity contribution is 7.80. The molecule has 28 heavy (non-hydrogen) atoms. The van der Waals surface area contributed by atoms with Crippen molar-refractivity contribution in [2.75, 3.05) is 23.7 Å². The predicted molar refractivity (Wildman–Crippen MR) is 113 cm³/mol. The van der Waals surface area contributed by atoms with Crippen LogP contribution in [0.15, 0.2) is 54.9 Å². The van der Waals surface area contributed by atoms with E-state index >= 15 is 0 Å². The van der Waals surface area contributed by atoms with Crippen LogP contribution in [0.1, 0.15) is 15.9 Å². The molecule has 0 aliphatic carbocycles. The number of nitrogens with zero attached hydrogens (tertiary/aromatic N) is 3. The van der Waals surface area contributed by atoms with E-state index in [1.54, 1.807) is 42.7 Å². The summed E-state index contributed by atoms with van der Waals surface area (Å²) < 4.78 is 0. The van der Waals surface area contributed by atoms with Gasteiger partial charge >= 0.3 is 0 Å². The lowest BCUT2D eigenvalue weighted by atomic mass is 10.1. The second-order valence-corrected chi connectivity index (χ2v) is 6.30. The first-order valence-corrected chi connectivity index (χ1v) is 8.90. The van der Waals surface area contributed by atoms with E-state index in [1.807, 2.05) is 12.1 Å². The molecule has 0 spiro atoms. The quantitative estimate of drug-likeness (QED) is 0.336. The first-order valence-electron chi connectivity index (χ1n) is 8.50. The molecule has 1 amide bonds. The lowest BCUT2D eigenvalue weighted by Crippen LogP contribution is -2.16. The van der Waals surface area contributed by atoms with Crippen LogP contribution in [0.2, 0.25) is 0 Å². The molecule has 3 aromatic rings. The van der Waals surface area contributed by atoms with Gasteiger partial charge in [0.2, 0.25) is 11.9 Å². The Hall–Kier alpha value is -3.59. The molecule has 0 fully saturated rings.